The van der Waals surface area contributed by atoms with Crippen LogP contribution in [-0.2, 0) is 17.8 Å². The molecule has 0 aromatic carbocycles. The van der Waals surface area contributed by atoms with E-state index in [9.17, 15) is 4.79 Å². The zero-order valence-corrected chi connectivity index (χ0v) is 18.9. The smallest absolute Gasteiger partial charge is 0.228 e. The fourth-order valence-corrected chi connectivity index (χ4v) is 4.94. The van der Waals surface area contributed by atoms with Crippen LogP contribution in [0.1, 0.15) is 59.2 Å². The second-order valence-electron chi connectivity index (χ2n) is 9.05. The standard InChI is InChI=1S/C24H30N6O/c1-15-7-12-30-20(17(3)25-21(30)13-15)14-29-10-8-18(9-11-29)23-26-16(2)19-5-6-22(31)28(4)24(19)27-23/h7,12-13,18H,5-6,8-11,14H2,1-4H3. The van der Waals surface area contributed by atoms with Crippen molar-refractivity contribution >= 4 is 17.4 Å². The summed E-state index contributed by atoms with van der Waals surface area (Å²) in [5.74, 6) is 2.21. The summed E-state index contributed by atoms with van der Waals surface area (Å²) in [6.07, 6.45) is 5.50. The molecule has 1 saturated heterocycles. The molecule has 0 spiro atoms. The van der Waals surface area contributed by atoms with Crippen molar-refractivity contribution < 1.29 is 4.79 Å². The highest BCUT2D eigenvalue weighted by Crippen LogP contribution is 2.32. The number of anilines is 1. The van der Waals surface area contributed by atoms with Gasteiger partial charge in [-0.15, -0.1) is 0 Å². The fraction of sp³-hybridized carbons (Fsp3) is 0.500. The van der Waals surface area contributed by atoms with Crippen LogP contribution in [0.2, 0.25) is 0 Å². The highest BCUT2D eigenvalue weighted by atomic mass is 16.2. The van der Waals surface area contributed by atoms with Gasteiger partial charge in [0, 0.05) is 43.4 Å². The predicted octanol–water partition coefficient (Wildman–Crippen LogP) is 3.34. The molecular formula is C24H30N6O. The molecule has 0 unspecified atom stereocenters. The van der Waals surface area contributed by atoms with E-state index in [-0.39, 0.29) is 5.91 Å². The number of hydrogen-bond acceptors (Lipinski definition) is 5. The first-order valence-electron chi connectivity index (χ1n) is 11.2. The Morgan fingerprint density at radius 3 is 2.58 bits per heavy atom. The lowest BCUT2D eigenvalue weighted by molar-refractivity contribution is -0.118. The van der Waals surface area contributed by atoms with Gasteiger partial charge in [-0.25, -0.2) is 15.0 Å². The Hall–Kier alpha value is -2.80. The first-order valence-corrected chi connectivity index (χ1v) is 11.2. The number of carbonyl (C=O) groups excluding carboxylic acids is 1. The van der Waals surface area contributed by atoms with Crippen molar-refractivity contribution in [1.82, 2.24) is 24.3 Å². The van der Waals surface area contributed by atoms with Gasteiger partial charge in [-0.05, 0) is 70.8 Å². The van der Waals surface area contributed by atoms with Gasteiger partial charge >= 0.3 is 0 Å². The van der Waals surface area contributed by atoms with E-state index < -0.39 is 0 Å². The number of fused-ring (bicyclic) bond motifs is 2. The molecule has 1 fully saturated rings. The van der Waals surface area contributed by atoms with Crippen LogP contribution in [0.25, 0.3) is 5.65 Å². The average Bonchev–Trinajstić information content (AvgIpc) is 3.05. The van der Waals surface area contributed by atoms with Gasteiger partial charge in [0.2, 0.25) is 5.91 Å². The van der Waals surface area contributed by atoms with E-state index in [1.54, 1.807) is 4.90 Å². The molecule has 3 aromatic rings. The van der Waals surface area contributed by atoms with Crippen LogP contribution in [0.15, 0.2) is 18.3 Å². The first kappa shape index (κ1) is 20.1. The number of hydrogen-bond donors (Lipinski definition) is 0. The van der Waals surface area contributed by atoms with E-state index in [1.807, 2.05) is 7.05 Å². The summed E-state index contributed by atoms with van der Waals surface area (Å²) in [4.78, 5) is 30.8. The Bertz CT molecular complexity index is 1160. The summed E-state index contributed by atoms with van der Waals surface area (Å²) in [6, 6.07) is 4.28. The number of likely N-dealkylation sites (tertiary alicyclic amines) is 1. The van der Waals surface area contributed by atoms with Crippen molar-refractivity contribution in [2.75, 3.05) is 25.0 Å². The SMILES string of the molecule is Cc1ccn2c(CN3CCC(c4nc(C)c5c(n4)N(C)C(=O)CC5)CC3)c(C)nc2c1. The zero-order chi connectivity index (χ0) is 21.7. The molecular weight excluding hydrogens is 388 g/mol. The Labute approximate surface area is 183 Å². The number of aromatic nitrogens is 4. The minimum atomic E-state index is 0.143. The number of amides is 1. The minimum Gasteiger partial charge on any atom is -0.302 e. The lowest BCUT2D eigenvalue weighted by atomic mass is 9.94. The van der Waals surface area contributed by atoms with E-state index >= 15 is 0 Å². The van der Waals surface area contributed by atoms with Gasteiger partial charge in [-0.1, -0.05) is 0 Å². The lowest BCUT2D eigenvalue weighted by Gasteiger charge is -2.32. The highest BCUT2D eigenvalue weighted by molar-refractivity contribution is 5.94. The number of rotatable bonds is 3. The topological polar surface area (TPSA) is 66.6 Å². The molecule has 5 heterocycles. The molecule has 0 radical (unpaired) electrons. The first-order chi connectivity index (χ1) is 14.9. The normalized spacial score (nSPS) is 18.1. The Balaban J connectivity index is 1.31. The van der Waals surface area contributed by atoms with Gasteiger partial charge in [0.15, 0.2) is 0 Å². The van der Waals surface area contributed by atoms with Crippen LogP contribution in [-0.4, -0.2) is 50.3 Å². The molecule has 31 heavy (non-hydrogen) atoms. The summed E-state index contributed by atoms with van der Waals surface area (Å²) in [5, 5.41) is 0. The third-order valence-corrected chi connectivity index (χ3v) is 6.90. The van der Waals surface area contributed by atoms with Crippen LogP contribution in [0.4, 0.5) is 5.82 Å². The molecule has 0 atom stereocenters. The Morgan fingerprint density at radius 2 is 1.81 bits per heavy atom. The summed E-state index contributed by atoms with van der Waals surface area (Å²) in [7, 11) is 1.83. The summed E-state index contributed by atoms with van der Waals surface area (Å²) < 4.78 is 2.22. The van der Waals surface area contributed by atoms with Gasteiger partial charge in [-0.3, -0.25) is 14.6 Å². The van der Waals surface area contributed by atoms with E-state index in [2.05, 4.69) is 48.4 Å². The number of nitrogens with zero attached hydrogens (tertiary/aromatic N) is 6. The largest absolute Gasteiger partial charge is 0.302 e. The third-order valence-electron chi connectivity index (χ3n) is 6.90. The van der Waals surface area contributed by atoms with Gasteiger partial charge in [0.25, 0.3) is 0 Å². The Kier molecular flexibility index (Phi) is 5.01. The van der Waals surface area contributed by atoms with E-state index in [0.29, 0.717) is 12.3 Å². The average molecular weight is 419 g/mol. The molecule has 2 aliphatic heterocycles. The molecule has 5 rings (SSSR count). The van der Waals surface area contributed by atoms with Crippen molar-refractivity contribution in [2.45, 2.75) is 58.9 Å². The second-order valence-corrected chi connectivity index (χ2v) is 9.05. The van der Waals surface area contributed by atoms with Crippen LogP contribution in [0.3, 0.4) is 0 Å². The summed E-state index contributed by atoms with van der Waals surface area (Å²) in [5.41, 5.74) is 6.79. The van der Waals surface area contributed by atoms with Crippen molar-refractivity contribution in [3.8, 4) is 0 Å². The van der Waals surface area contributed by atoms with Crippen molar-refractivity contribution in [3.05, 3.63) is 52.4 Å². The summed E-state index contributed by atoms with van der Waals surface area (Å²) >= 11 is 0. The van der Waals surface area contributed by atoms with Crippen LogP contribution < -0.4 is 4.90 Å². The maximum absolute atomic E-state index is 12.1. The molecule has 162 valence electrons. The molecule has 0 aliphatic carbocycles. The lowest BCUT2D eigenvalue weighted by Crippen LogP contribution is -2.35. The molecule has 0 N–H and O–H groups in total. The molecule has 1 amide bonds. The molecule has 3 aromatic heterocycles. The van der Waals surface area contributed by atoms with Crippen molar-refractivity contribution in [3.63, 3.8) is 0 Å². The van der Waals surface area contributed by atoms with Crippen molar-refractivity contribution in [2.24, 2.45) is 0 Å². The molecule has 2 aliphatic rings. The zero-order valence-electron chi connectivity index (χ0n) is 18.9. The van der Waals surface area contributed by atoms with E-state index in [0.717, 1.165) is 73.1 Å². The van der Waals surface area contributed by atoms with E-state index in [4.69, 9.17) is 15.0 Å². The van der Waals surface area contributed by atoms with Gasteiger partial charge < -0.3 is 4.40 Å². The maximum atomic E-state index is 12.1. The van der Waals surface area contributed by atoms with Gasteiger partial charge in [0.1, 0.15) is 17.3 Å². The predicted molar refractivity (Wildman–Crippen MR) is 120 cm³/mol. The summed E-state index contributed by atoms with van der Waals surface area (Å²) in [6.45, 7) is 9.19. The molecule has 0 bridgehead atoms. The van der Waals surface area contributed by atoms with Crippen LogP contribution in [0.5, 0.6) is 0 Å². The van der Waals surface area contributed by atoms with Crippen LogP contribution >= 0.6 is 0 Å². The third kappa shape index (κ3) is 3.61. The van der Waals surface area contributed by atoms with Gasteiger partial charge in [0.05, 0.1) is 11.4 Å². The number of carbonyl (C=O) groups is 1. The van der Waals surface area contributed by atoms with Crippen LogP contribution in [0, 0.1) is 20.8 Å². The highest BCUT2D eigenvalue weighted by Gasteiger charge is 2.29. The minimum absolute atomic E-state index is 0.143. The van der Waals surface area contributed by atoms with Crippen molar-refractivity contribution in [1.29, 1.82) is 0 Å². The number of piperidine rings is 1. The number of pyridine rings is 1. The van der Waals surface area contributed by atoms with E-state index in [1.165, 1.54) is 11.3 Å². The molecule has 7 heteroatoms. The fourth-order valence-electron chi connectivity index (χ4n) is 4.94. The second kappa shape index (κ2) is 7.71. The molecule has 7 nitrogen and oxygen atoms in total. The van der Waals surface area contributed by atoms with Gasteiger partial charge in [-0.2, -0.15) is 0 Å². The number of aryl methyl sites for hydroxylation is 3. The monoisotopic (exact) mass is 418 g/mol. The molecule has 0 saturated carbocycles. The maximum Gasteiger partial charge on any atom is 0.228 e. The quantitative estimate of drug-likeness (QED) is 0.653. The Morgan fingerprint density at radius 1 is 1.03 bits per heavy atom. The number of imidazole rings is 1.